The van der Waals surface area contributed by atoms with E-state index in [0.29, 0.717) is 0 Å². The molecule has 118 valence electrons. The zero-order valence-corrected chi connectivity index (χ0v) is 13.1. The van der Waals surface area contributed by atoms with E-state index in [1.165, 1.54) is 18.4 Å². The molecule has 23 heavy (non-hydrogen) atoms. The molecule has 0 bridgehead atoms. The van der Waals surface area contributed by atoms with Crippen molar-refractivity contribution in [1.29, 1.82) is 0 Å². The summed E-state index contributed by atoms with van der Waals surface area (Å²) in [5.74, 6) is -0.0358. The van der Waals surface area contributed by atoms with Crippen LogP contribution in [0.2, 0.25) is 0 Å². The number of amides is 1. The van der Waals surface area contributed by atoms with Crippen molar-refractivity contribution in [2.75, 3.05) is 35.2 Å². The van der Waals surface area contributed by atoms with Gasteiger partial charge >= 0.3 is 0 Å². The van der Waals surface area contributed by atoms with Crippen LogP contribution < -0.4 is 15.5 Å². The number of nitrogens with one attached hydrogen (secondary N) is 2. The minimum atomic E-state index is -0.0358. The number of anilines is 3. The van der Waals surface area contributed by atoms with Gasteiger partial charge in [0.15, 0.2) is 0 Å². The maximum Gasteiger partial charge on any atom is 0.255 e. The number of hydrogen-bond acceptors (Lipinski definition) is 3. The molecule has 0 aliphatic carbocycles. The first-order valence-electron chi connectivity index (χ1n) is 8.33. The van der Waals surface area contributed by atoms with E-state index in [2.05, 4.69) is 21.6 Å². The topological polar surface area (TPSA) is 44.4 Å². The fourth-order valence-corrected chi connectivity index (χ4v) is 3.45. The van der Waals surface area contributed by atoms with Gasteiger partial charge < -0.3 is 15.5 Å². The van der Waals surface area contributed by atoms with Gasteiger partial charge in [-0.1, -0.05) is 12.1 Å². The third-order valence-electron chi connectivity index (χ3n) is 4.68. The first-order valence-corrected chi connectivity index (χ1v) is 8.33. The fraction of sp³-hybridized carbons (Fsp3) is 0.316. The van der Waals surface area contributed by atoms with Crippen molar-refractivity contribution in [3.63, 3.8) is 0 Å². The highest BCUT2D eigenvalue weighted by Crippen LogP contribution is 2.29. The molecule has 2 heterocycles. The number of benzene rings is 2. The summed E-state index contributed by atoms with van der Waals surface area (Å²) in [4.78, 5) is 15.0. The molecule has 2 aliphatic heterocycles. The van der Waals surface area contributed by atoms with Crippen LogP contribution in [-0.4, -0.2) is 25.5 Å². The third-order valence-corrected chi connectivity index (χ3v) is 4.68. The quantitative estimate of drug-likeness (QED) is 0.912. The zero-order chi connectivity index (χ0) is 15.6. The van der Waals surface area contributed by atoms with Crippen LogP contribution in [-0.2, 0) is 6.42 Å². The highest BCUT2D eigenvalue weighted by molar-refractivity contribution is 6.06. The Morgan fingerprint density at radius 1 is 1.09 bits per heavy atom. The zero-order valence-electron chi connectivity index (χ0n) is 13.1. The molecular weight excluding hydrogens is 286 g/mol. The van der Waals surface area contributed by atoms with E-state index in [1.807, 2.05) is 36.4 Å². The minimum Gasteiger partial charge on any atom is -0.384 e. The number of rotatable bonds is 3. The van der Waals surface area contributed by atoms with Gasteiger partial charge in [0.25, 0.3) is 5.91 Å². The van der Waals surface area contributed by atoms with Crippen molar-refractivity contribution in [3.8, 4) is 0 Å². The first-order chi connectivity index (χ1) is 11.3. The number of fused-ring (bicyclic) bond motifs is 1. The normalized spacial score (nSPS) is 16.1. The Morgan fingerprint density at radius 3 is 2.78 bits per heavy atom. The van der Waals surface area contributed by atoms with Gasteiger partial charge in [0.05, 0.1) is 11.4 Å². The number of carbonyl (C=O) groups excluding carboxylic acids is 1. The van der Waals surface area contributed by atoms with Crippen LogP contribution in [0.5, 0.6) is 0 Å². The Balaban J connectivity index is 1.57. The van der Waals surface area contributed by atoms with Crippen LogP contribution in [0.3, 0.4) is 0 Å². The Hall–Kier alpha value is -2.49. The molecule has 4 rings (SSSR count). The minimum absolute atomic E-state index is 0.0358. The summed E-state index contributed by atoms with van der Waals surface area (Å²) in [6, 6.07) is 14.0. The van der Waals surface area contributed by atoms with Crippen LogP contribution in [0.4, 0.5) is 17.1 Å². The van der Waals surface area contributed by atoms with Crippen molar-refractivity contribution in [3.05, 3.63) is 53.6 Å². The smallest absolute Gasteiger partial charge is 0.255 e. The molecule has 2 N–H and O–H groups in total. The van der Waals surface area contributed by atoms with Gasteiger partial charge in [-0.3, -0.25) is 4.79 Å². The van der Waals surface area contributed by atoms with Crippen molar-refractivity contribution in [2.45, 2.75) is 19.3 Å². The van der Waals surface area contributed by atoms with Gasteiger partial charge in [-0.2, -0.15) is 0 Å². The lowest BCUT2D eigenvalue weighted by Crippen LogP contribution is -2.21. The van der Waals surface area contributed by atoms with Crippen molar-refractivity contribution < 1.29 is 4.79 Å². The van der Waals surface area contributed by atoms with Gasteiger partial charge in [-0.25, -0.2) is 0 Å². The SMILES string of the molecule is O=C(Nc1ccccc1N1CCCC1)c1ccc2c(c1)CCN2. The van der Waals surface area contributed by atoms with Gasteiger partial charge in [-0.15, -0.1) is 0 Å². The molecule has 4 heteroatoms. The summed E-state index contributed by atoms with van der Waals surface area (Å²) in [5, 5.41) is 6.42. The number of carbonyl (C=O) groups is 1. The number of para-hydroxylation sites is 2. The van der Waals surface area contributed by atoms with E-state index in [9.17, 15) is 4.79 Å². The maximum atomic E-state index is 12.6. The largest absolute Gasteiger partial charge is 0.384 e. The lowest BCUT2D eigenvalue weighted by molar-refractivity contribution is 0.102. The van der Waals surface area contributed by atoms with Crippen molar-refractivity contribution >= 4 is 23.0 Å². The maximum absolute atomic E-state index is 12.6. The summed E-state index contributed by atoms with van der Waals surface area (Å²) in [6.45, 7) is 3.09. The number of nitrogens with zero attached hydrogens (tertiary/aromatic N) is 1. The monoisotopic (exact) mass is 307 g/mol. The van der Waals surface area contributed by atoms with Crippen molar-refractivity contribution in [1.82, 2.24) is 0 Å². The molecule has 2 aromatic rings. The Bertz CT molecular complexity index is 735. The molecule has 1 amide bonds. The van der Waals surface area contributed by atoms with E-state index in [-0.39, 0.29) is 5.91 Å². The highest BCUT2D eigenvalue weighted by atomic mass is 16.1. The van der Waals surface area contributed by atoms with E-state index in [0.717, 1.165) is 48.7 Å². The van der Waals surface area contributed by atoms with E-state index >= 15 is 0 Å². The second-order valence-electron chi connectivity index (χ2n) is 6.21. The molecule has 0 atom stereocenters. The molecule has 1 fully saturated rings. The Labute approximate surface area is 136 Å². The second-order valence-corrected chi connectivity index (χ2v) is 6.21. The summed E-state index contributed by atoms with van der Waals surface area (Å²) < 4.78 is 0. The van der Waals surface area contributed by atoms with Crippen LogP contribution in [0, 0.1) is 0 Å². The lowest BCUT2D eigenvalue weighted by atomic mass is 10.1. The fourth-order valence-electron chi connectivity index (χ4n) is 3.45. The van der Waals surface area contributed by atoms with Gasteiger partial charge in [0, 0.05) is 30.9 Å². The Morgan fingerprint density at radius 2 is 1.91 bits per heavy atom. The van der Waals surface area contributed by atoms with Crippen molar-refractivity contribution in [2.24, 2.45) is 0 Å². The van der Waals surface area contributed by atoms with Gasteiger partial charge in [0.2, 0.25) is 0 Å². The average molecular weight is 307 g/mol. The van der Waals surface area contributed by atoms with Crippen LogP contribution >= 0.6 is 0 Å². The molecule has 0 saturated carbocycles. The summed E-state index contributed by atoms with van der Waals surface area (Å²) >= 11 is 0. The average Bonchev–Trinajstić information content (AvgIpc) is 3.26. The number of hydrogen-bond donors (Lipinski definition) is 2. The molecule has 0 aromatic heterocycles. The predicted octanol–water partition coefficient (Wildman–Crippen LogP) is 3.51. The van der Waals surface area contributed by atoms with Gasteiger partial charge in [-0.05, 0) is 55.2 Å². The summed E-state index contributed by atoms with van der Waals surface area (Å²) in [6.07, 6.45) is 3.43. The molecule has 0 radical (unpaired) electrons. The second kappa shape index (κ2) is 5.95. The third kappa shape index (κ3) is 2.77. The van der Waals surface area contributed by atoms with E-state index in [1.54, 1.807) is 0 Å². The first kappa shape index (κ1) is 14.1. The van der Waals surface area contributed by atoms with E-state index in [4.69, 9.17) is 0 Å². The molecule has 1 saturated heterocycles. The predicted molar refractivity (Wildman–Crippen MR) is 94.5 cm³/mol. The van der Waals surface area contributed by atoms with Crippen LogP contribution in [0.15, 0.2) is 42.5 Å². The Kier molecular flexibility index (Phi) is 3.66. The van der Waals surface area contributed by atoms with Crippen LogP contribution in [0.25, 0.3) is 0 Å². The molecule has 4 nitrogen and oxygen atoms in total. The lowest BCUT2D eigenvalue weighted by Gasteiger charge is -2.21. The molecule has 0 unspecified atom stereocenters. The van der Waals surface area contributed by atoms with Crippen LogP contribution in [0.1, 0.15) is 28.8 Å². The highest BCUT2D eigenvalue weighted by Gasteiger charge is 2.18. The van der Waals surface area contributed by atoms with Gasteiger partial charge in [0.1, 0.15) is 0 Å². The molecular formula is C19H21N3O. The van der Waals surface area contributed by atoms with E-state index < -0.39 is 0 Å². The molecule has 2 aliphatic rings. The standard InChI is InChI=1S/C19H21N3O/c23-19(15-7-8-16-14(13-15)9-10-20-16)21-17-5-1-2-6-18(17)22-11-3-4-12-22/h1-2,5-8,13,20H,3-4,9-12H2,(H,21,23). The summed E-state index contributed by atoms with van der Waals surface area (Å²) in [7, 11) is 0. The summed E-state index contributed by atoms with van der Waals surface area (Å²) in [5.41, 5.74) is 5.13. The molecule has 2 aromatic carbocycles. The molecule has 0 spiro atoms.